The van der Waals surface area contributed by atoms with Crippen molar-refractivity contribution in [1.82, 2.24) is 9.14 Å². The minimum Gasteiger partial charge on any atom is -0.257 e. The third-order valence-corrected chi connectivity index (χ3v) is 3.42. The summed E-state index contributed by atoms with van der Waals surface area (Å²) >= 11 is 0. The van der Waals surface area contributed by atoms with E-state index in [0.29, 0.717) is 19.0 Å². The van der Waals surface area contributed by atoms with Gasteiger partial charge in [-0.2, -0.15) is 12.7 Å². The van der Waals surface area contributed by atoms with E-state index in [1.165, 1.54) is 4.31 Å². The van der Waals surface area contributed by atoms with Crippen LogP contribution in [-0.2, 0) is 10.2 Å². The van der Waals surface area contributed by atoms with Gasteiger partial charge in [0.2, 0.25) is 0 Å². The summed E-state index contributed by atoms with van der Waals surface area (Å²) in [4.78, 5) is 1.83. The lowest BCUT2D eigenvalue weighted by molar-refractivity contribution is 0.278. The molecule has 3 N–H and O–H groups in total. The summed E-state index contributed by atoms with van der Waals surface area (Å²) in [6.45, 7) is 3.20. The van der Waals surface area contributed by atoms with Gasteiger partial charge in [-0.1, -0.05) is 6.92 Å². The van der Waals surface area contributed by atoms with Crippen LogP contribution in [-0.4, -0.2) is 25.8 Å². The number of nitrogens with one attached hydrogen (secondary N) is 1. The van der Waals surface area contributed by atoms with Crippen LogP contribution in [0.2, 0.25) is 0 Å². The number of hydrogen-bond donors (Lipinski definition) is 2. The van der Waals surface area contributed by atoms with E-state index in [-0.39, 0.29) is 0 Å². The number of rotatable bonds is 2. The maximum atomic E-state index is 11.2. The van der Waals surface area contributed by atoms with E-state index in [1.54, 1.807) is 0 Å². The van der Waals surface area contributed by atoms with Crippen LogP contribution in [0, 0.1) is 5.92 Å². The first-order valence-corrected chi connectivity index (χ1v) is 5.48. The fourth-order valence-corrected chi connectivity index (χ4v) is 2.41. The zero-order valence-corrected chi connectivity index (χ0v) is 7.97. The first-order valence-electron chi connectivity index (χ1n) is 4.04. The Morgan fingerprint density at radius 3 is 2.75 bits per heavy atom. The summed E-state index contributed by atoms with van der Waals surface area (Å²) < 4.78 is 23.8. The standard InChI is InChI=1S/C6H15N3O2S/c1-6-3-2-4-9(5-6)12(10,11)8-7/h6,8H,2-5,7H2,1H3. The lowest BCUT2D eigenvalue weighted by Gasteiger charge is -2.29. The van der Waals surface area contributed by atoms with Crippen molar-refractivity contribution in [1.29, 1.82) is 0 Å². The first-order chi connectivity index (χ1) is 5.56. The monoisotopic (exact) mass is 193 g/mol. The molecule has 0 aromatic heterocycles. The molecule has 0 aliphatic carbocycles. The van der Waals surface area contributed by atoms with Gasteiger partial charge in [-0.05, 0) is 18.8 Å². The third kappa shape index (κ3) is 2.16. The van der Waals surface area contributed by atoms with Crippen LogP contribution in [0.5, 0.6) is 0 Å². The molecule has 0 aromatic carbocycles. The predicted molar refractivity (Wildman–Crippen MR) is 46.2 cm³/mol. The van der Waals surface area contributed by atoms with E-state index in [9.17, 15) is 8.42 Å². The highest BCUT2D eigenvalue weighted by Gasteiger charge is 2.25. The van der Waals surface area contributed by atoms with Crippen molar-refractivity contribution in [2.24, 2.45) is 11.8 Å². The molecule has 1 saturated heterocycles. The molecule has 1 aliphatic rings. The van der Waals surface area contributed by atoms with Crippen molar-refractivity contribution in [3.05, 3.63) is 0 Å². The molecular weight excluding hydrogens is 178 g/mol. The van der Waals surface area contributed by atoms with E-state index in [1.807, 2.05) is 11.8 Å². The maximum absolute atomic E-state index is 11.2. The lowest BCUT2D eigenvalue weighted by atomic mass is 10.0. The Kier molecular flexibility index (Phi) is 3.05. The Balaban J connectivity index is 2.63. The summed E-state index contributed by atoms with van der Waals surface area (Å²) in [6.07, 6.45) is 2.01. The summed E-state index contributed by atoms with van der Waals surface area (Å²) in [5.41, 5.74) is 0. The zero-order valence-electron chi connectivity index (χ0n) is 7.16. The lowest BCUT2D eigenvalue weighted by Crippen LogP contribution is -2.47. The van der Waals surface area contributed by atoms with Crippen molar-refractivity contribution in [3.8, 4) is 0 Å². The highest BCUT2D eigenvalue weighted by Crippen LogP contribution is 2.16. The maximum Gasteiger partial charge on any atom is 0.292 e. The quantitative estimate of drug-likeness (QED) is 0.455. The molecule has 72 valence electrons. The second kappa shape index (κ2) is 3.69. The minimum absolute atomic E-state index is 0.432. The minimum atomic E-state index is -3.39. The molecule has 1 fully saturated rings. The number of nitrogens with zero attached hydrogens (tertiary/aromatic N) is 1. The smallest absolute Gasteiger partial charge is 0.257 e. The van der Waals surface area contributed by atoms with Crippen LogP contribution in [0.1, 0.15) is 19.8 Å². The van der Waals surface area contributed by atoms with Gasteiger partial charge < -0.3 is 0 Å². The largest absolute Gasteiger partial charge is 0.292 e. The molecular formula is C6H15N3O2S. The molecule has 1 rings (SSSR count). The highest BCUT2D eigenvalue weighted by molar-refractivity contribution is 7.87. The van der Waals surface area contributed by atoms with Crippen LogP contribution in [0.25, 0.3) is 0 Å². The average molecular weight is 193 g/mol. The normalized spacial score (nSPS) is 27.3. The molecule has 1 aliphatic heterocycles. The van der Waals surface area contributed by atoms with Crippen molar-refractivity contribution >= 4 is 10.2 Å². The molecule has 12 heavy (non-hydrogen) atoms. The van der Waals surface area contributed by atoms with Crippen LogP contribution >= 0.6 is 0 Å². The highest BCUT2D eigenvalue weighted by atomic mass is 32.2. The van der Waals surface area contributed by atoms with E-state index in [2.05, 4.69) is 0 Å². The topological polar surface area (TPSA) is 75.4 Å². The molecule has 1 heterocycles. The molecule has 6 heteroatoms. The Bertz CT molecular complexity index is 239. The molecule has 1 unspecified atom stereocenters. The first kappa shape index (κ1) is 9.91. The number of piperidine rings is 1. The van der Waals surface area contributed by atoms with Crippen LogP contribution in [0.15, 0.2) is 0 Å². The van der Waals surface area contributed by atoms with Crippen molar-refractivity contribution in [2.45, 2.75) is 19.8 Å². The average Bonchev–Trinajstić information content (AvgIpc) is 2.05. The summed E-state index contributed by atoms with van der Waals surface area (Å²) in [5, 5.41) is 0. The third-order valence-electron chi connectivity index (χ3n) is 2.11. The van der Waals surface area contributed by atoms with Crippen molar-refractivity contribution in [2.75, 3.05) is 13.1 Å². The van der Waals surface area contributed by atoms with Gasteiger partial charge in [-0.25, -0.2) is 0 Å². The van der Waals surface area contributed by atoms with E-state index in [4.69, 9.17) is 5.84 Å². The molecule has 0 saturated carbocycles. The van der Waals surface area contributed by atoms with Crippen LogP contribution in [0.4, 0.5) is 0 Å². The Labute approximate surface area is 73.1 Å². The van der Waals surface area contributed by atoms with E-state index in [0.717, 1.165) is 12.8 Å². The SMILES string of the molecule is CC1CCCN(S(=O)(=O)NN)C1. The van der Waals surface area contributed by atoms with Gasteiger partial charge in [0.05, 0.1) is 0 Å². The Morgan fingerprint density at radius 2 is 2.25 bits per heavy atom. The fraction of sp³-hybridized carbons (Fsp3) is 1.00. The molecule has 0 amide bonds. The molecule has 0 spiro atoms. The van der Waals surface area contributed by atoms with E-state index < -0.39 is 10.2 Å². The van der Waals surface area contributed by atoms with Gasteiger partial charge in [-0.15, -0.1) is 4.83 Å². The van der Waals surface area contributed by atoms with Gasteiger partial charge >= 0.3 is 0 Å². The van der Waals surface area contributed by atoms with Gasteiger partial charge in [-0.3, -0.25) is 5.84 Å². The van der Waals surface area contributed by atoms with Gasteiger partial charge in [0.15, 0.2) is 0 Å². The number of hydrogen-bond acceptors (Lipinski definition) is 3. The summed E-state index contributed by atoms with van der Waals surface area (Å²) in [7, 11) is -3.39. The van der Waals surface area contributed by atoms with Crippen molar-refractivity contribution in [3.63, 3.8) is 0 Å². The zero-order chi connectivity index (χ0) is 9.19. The fourth-order valence-electron chi connectivity index (χ4n) is 1.44. The molecule has 1 atom stereocenters. The number of hydrazine groups is 1. The summed E-state index contributed by atoms with van der Waals surface area (Å²) in [5.74, 6) is 5.34. The molecule has 0 radical (unpaired) electrons. The predicted octanol–water partition coefficient (Wildman–Crippen LogP) is -0.574. The van der Waals surface area contributed by atoms with Crippen molar-refractivity contribution < 1.29 is 8.42 Å². The van der Waals surface area contributed by atoms with Gasteiger partial charge in [0.1, 0.15) is 0 Å². The number of nitrogens with two attached hydrogens (primary N) is 1. The Morgan fingerprint density at radius 1 is 1.58 bits per heavy atom. The van der Waals surface area contributed by atoms with Crippen LogP contribution in [0.3, 0.4) is 0 Å². The van der Waals surface area contributed by atoms with Gasteiger partial charge in [0, 0.05) is 13.1 Å². The Hall–Kier alpha value is -0.170. The summed E-state index contributed by atoms with van der Waals surface area (Å²) in [6, 6.07) is 0. The second-order valence-corrected chi connectivity index (χ2v) is 4.93. The van der Waals surface area contributed by atoms with Crippen LogP contribution < -0.4 is 10.7 Å². The van der Waals surface area contributed by atoms with E-state index >= 15 is 0 Å². The molecule has 0 bridgehead atoms. The van der Waals surface area contributed by atoms with Gasteiger partial charge in [0.25, 0.3) is 10.2 Å². The second-order valence-electron chi connectivity index (χ2n) is 3.23. The molecule has 5 nitrogen and oxygen atoms in total. The molecule has 0 aromatic rings.